The third-order valence-corrected chi connectivity index (χ3v) is 3.89. The SMILES string of the molecule is COC(C)CC=NNc1nnc(NN=CCC(C)OC)c2ccccc12. The molecule has 8 nitrogen and oxygen atoms in total. The zero-order valence-corrected chi connectivity index (χ0v) is 15.6. The molecule has 0 radical (unpaired) electrons. The molecule has 2 N–H and O–H groups in total. The number of hydrazone groups is 2. The molecule has 2 unspecified atom stereocenters. The van der Waals surface area contributed by atoms with Gasteiger partial charge in [-0.1, -0.05) is 24.3 Å². The average molecular weight is 358 g/mol. The van der Waals surface area contributed by atoms with E-state index in [4.69, 9.17) is 9.47 Å². The van der Waals surface area contributed by atoms with Crippen molar-refractivity contribution in [1.29, 1.82) is 0 Å². The molecule has 140 valence electrons. The van der Waals surface area contributed by atoms with Crippen LogP contribution in [0.2, 0.25) is 0 Å². The van der Waals surface area contributed by atoms with E-state index in [9.17, 15) is 0 Å². The van der Waals surface area contributed by atoms with Crippen LogP contribution in [0.15, 0.2) is 34.5 Å². The van der Waals surface area contributed by atoms with E-state index >= 15 is 0 Å². The Hall–Kier alpha value is -2.58. The number of methoxy groups -OCH3 is 2. The smallest absolute Gasteiger partial charge is 0.176 e. The van der Waals surface area contributed by atoms with E-state index in [0.29, 0.717) is 24.5 Å². The molecule has 0 aliphatic carbocycles. The van der Waals surface area contributed by atoms with Gasteiger partial charge in [0.15, 0.2) is 11.6 Å². The standard InChI is InChI=1S/C18H26N6O2/c1-13(25-3)9-11-19-21-17-15-7-5-6-8-16(15)18(24-23-17)22-20-12-10-14(2)26-4/h5-8,11-14H,9-10H2,1-4H3,(H,21,23)(H,22,24). The van der Waals surface area contributed by atoms with Crippen molar-refractivity contribution in [2.24, 2.45) is 10.2 Å². The first kappa shape index (κ1) is 19.7. The van der Waals surface area contributed by atoms with Gasteiger partial charge in [-0.2, -0.15) is 10.2 Å². The van der Waals surface area contributed by atoms with E-state index < -0.39 is 0 Å². The fourth-order valence-corrected chi connectivity index (χ4v) is 2.08. The summed E-state index contributed by atoms with van der Waals surface area (Å²) in [5, 5.41) is 18.6. The summed E-state index contributed by atoms with van der Waals surface area (Å²) in [4.78, 5) is 0. The topological polar surface area (TPSA) is 93.0 Å². The summed E-state index contributed by atoms with van der Waals surface area (Å²) in [5.74, 6) is 1.17. The highest BCUT2D eigenvalue weighted by atomic mass is 16.5. The zero-order valence-electron chi connectivity index (χ0n) is 15.6. The summed E-state index contributed by atoms with van der Waals surface area (Å²) in [6.45, 7) is 3.96. The van der Waals surface area contributed by atoms with E-state index in [1.807, 2.05) is 38.1 Å². The molecular formula is C18H26N6O2. The molecule has 0 saturated heterocycles. The van der Waals surface area contributed by atoms with Crippen molar-refractivity contribution in [3.8, 4) is 0 Å². The third-order valence-electron chi connectivity index (χ3n) is 3.89. The van der Waals surface area contributed by atoms with Gasteiger partial charge in [-0.25, -0.2) is 0 Å². The van der Waals surface area contributed by atoms with Crippen molar-refractivity contribution in [2.45, 2.75) is 38.9 Å². The second-order valence-electron chi connectivity index (χ2n) is 5.85. The molecule has 8 heteroatoms. The minimum Gasteiger partial charge on any atom is -0.381 e. The highest BCUT2D eigenvalue weighted by Crippen LogP contribution is 2.25. The molecule has 1 aromatic carbocycles. The number of aromatic nitrogens is 2. The number of nitrogens with one attached hydrogen (secondary N) is 2. The molecule has 0 saturated carbocycles. The number of rotatable bonds is 10. The summed E-state index contributed by atoms with van der Waals surface area (Å²) in [6, 6.07) is 7.81. The van der Waals surface area contributed by atoms with Gasteiger partial charge in [0.1, 0.15) is 0 Å². The molecule has 1 heterocycles. The fraction of sp³-hybridized carbons (Fsp3) is 0.444. The third kappa shape index (κ3) is 5.75. The van der Waals surface area contributed by atoms with Crippen LogP contribution in [0.5, 0.6) is 0 Å². The van der Waals surface area contributed by atoms with Crippen LogP contribution in [0.25, 0.3) is 10.8 Å². The van der Waals surface area contributed by atoms with E-state index in [0.717, 1.165) is 10.8 Å². The minimum absolute atomic E-state index is 0.119. The maximum Gasteiger partial charge on any atom is 0.176 e. The van der Waals surface area contributed by atoms with Crippen molar-refractivity contribution < 1.29 is 9.47 Å². The van der Waals surface area contributed by atoms with Crippen molar-refractivity contribution >= 4 is 34.8 Å². The second kappa shape index (κ2) is 10.4. The predicted octanol–water partition coefficient (Wildman–Crippen LogP) is 3.28. The average Bonchev–Trinajstić information content (AvgIpc) is 2.68. The number of benzene rings is 1. The van der Waals surface area contributed by atoms with E-state index in [-0.39, 0.29) is 12.2 Å². The molecule has 2 aromatic rings. The van der Waals surface area contributed by atoms with Gasteiger partial charge in [-0.05, 0) is 13.8 Å². The molecule has 0 aliphatic heterocycles. The van der Waals surface area contributed by atoms with Gasteiger partial charge in [0, 0.05) is 50.3 Å². The highest BCUT2D eigenvalue weighted by Gasteiger charge is 2.08. The van der Waals surface area contributed by atoms with Crippen molar-refractivity contribution in [2.75, 3.05) is 25.1 Å². The van der Waals surface area contributed by atoms with E-state index in [1.54, 1.807) is 26.6 Å². The number of hydrogen-bond donors (Lipinski definition) is 2. The van der Waals surface area contributed by atoms with Crippen LogP contribution in [0, 0.1) is 0 Å². The van der Waals surface area contributed by atoms with Crippen LogP contribution in [0.1, 0.15) is 26.7 Å². The first-order valence-corrected chi connectivity index (χ1v) is 8.51. The molecule has 26 heavy (non-hydrogen) atoms. The number of hydrogen-bond acceptors (Lipinski definition) is 8. The molecule has 0 aliphatic rings. The summed E-state index contributed by atoms with van der Waals surface area (Å²) in [6.07, 6.45) is 5.18. The largest absolute Gasteiger partial charge is 0.381 e. The summed E-state index contributed by atoms with van der Waals surface area (Å²) < 4.78 is 10.4. The van der Waals surface area contributed by atoms with Crippen molar-refractivity contribution in [3.05, 3.63) is 24.3 Å². The Balaban J connectivity index is 2.10. The van der Waals surface area contributed by atoms with Crippen LogP contribution < -0.4 is 10.9 Å². The van der Waals surface area contributed by atoms with Gasteiger partial charge in [0.2, 0.25) is 0 Å². The predicted molar refractivity (Wildman–Crippen MR) is 106 cm³/mol. The fourth-order valence-electron chi connectivity index (χ4n) is 2.08. The maximum atomic E-state index is 5.18. The van der Waals surface area contributed by atoms with Crippen LogP contribution >= 0.6 is 0 Å². The van der Waals surface area contributed by atoms with Crippen LogP contribution in [-0.2, 0) is 9.47 Å². The van der Waals surface area contributed by atoms with Crippen LogP contribution in [0.3, 0.4) is 0 Å². The van der Waals surface area contributed by atoms with Crippen LogP contribution in [0.4, 0.5) is 11.6 Å². The van der Waals surface area contributed by atoms with Gasteiger partial charge in [0.05, 0.1) is 12.2 Å². The first-order chi connectivity index (χ1) is 12.7. The van der Waals surface area contributed by atoms with Gasteiger partial charge in [-0.15, -0.1) is 10.2 Å². The molecule has 2 atom stereocenters. The Morgan fingerprint density at radius 2 is 1.31 bits per heavy atom. The van der Waals surface area contributed by atoms with E-state index in [2.05, 4.69) is 31.3 Å². The Morgan fingerprint density at radius 1 is 0.885 bits per heavy atom. The summed E-state index contributed by atoms with van der Waals surface area (Å²) >= 11 is 0. The van der Waals surface area contributed by atoms with Crippen LogP contribution in [-0.4, -0.2) is 49.1 Å². The molecule has 0 bridgehead atoms. The lowest BCUT2D eigenvalue weighted by Crippen LogP contribution is -2.06. The zero-order chi connectivity index (χ0) is 18.8. The Morgan fingerprint density at radius 3 is 1.69 bits per heavy atom. The lowest BCUT2D eigenvalue weighted by Gasteiger charge is -2.08. The van der Waals surface area contributed by atoms with Gasteiger partial charge in [-0.3, -0.25) is 10.9 Å². The minimum atomic E-state index is 0.119. The molecule has 0 fully saturated rings. The molecule has 0 amide bonds. The molecule has 2 rings (SSSR count). The Kier molecular flexibility index (Phi) is 7.91. The quantitative estimate of drug-likeness (QED) is 0.500. The second-order valence-corrected chi connectivity index (χ2v) is 5.85. The number of nitrogens with zero attached hydrogens (tertiary/aromatic N) is 4. The van der Waals surface area contributed by atoms with Gasteiger partial charge < -0.3 is 9.47 Å². The summed E-state index contributed by atoms with van der Waals surface area (Å²) in [7, 11) is 3.35. The molecule has 1 aromatic heterocycles. The van der Waals surface area contributed by atoms with Gasteiger partial charge in [0.25, 0.3) is 0 Å². The Bertz CT molecular complexity index is 687. The van der Waals surface area contributed by atoms with Gasteiger partial charge >= 0.3 is 0 Å². The molecular weight excluding hydrogens is 332 g/mol. The first-order valence-electron chi connectivity index (χ1n) is 8.51. The highest BCUT2D eigenvalue weighted by molar-refractivity contribution is 5.98. The number of fused-ring (bicyclic) bond motifs is 1. The molecule has 0 spiro atoms. The number of anilines is 2. The van der Waals surface area contributed by atoms with Crippen molar-refractivity contribution in [3.63, 3.8) is 0 Å². The van der Waals surface area contributed by atoms with E-state index in [1.165, 1.54) is 0 Å². The lowest BCUT2D eigenvalue weighted by atomic mass is 10.2. The maximum absolute atomic E-state index is 5.18. The monoisotopic (exact) mass is 358 g/mol. The lowest BCUT2D eigenvalue weighted by molar-refractivity contribution is 0.125. The van der Waals surface area contributed by atoms with Crippen molar-refractivity contribution in [1.82, 2.24) is 10.2 Å². The summed E-state index contributed by atoms with van der Waals surface area (Å²) in [5.41, 5.74) is 5.88. The number of ether oxygens (including phenoxy) is 2. The normalized spacial score (nSPS) is 14.2. The Labute approximate surface area is 153 Å².